The predicted molar refractivity (Wildman–Crippen MR) is 139 cm³/mol. The van der Waals surface area contributed by atoms with Crippen LogP contribution in [0.4, 0.5) is 5.69 Å². The maximum atomic E-state index is 14.0. The highest BCUT2D eigenvalue weighted by atomic mass is 32.2. The molecule has 2 aliphatic heterocycles. The van der Waals surface area contributed by atoms with Crippen LogP contribution in [0.1, 0.15) is 18.1 Å². The van der Waals surface area contributed by atoms with Gasteiger partial charge in [-0.1, -0.05) is 66.2 Å². The van der Waals surface area contributed by atoms with Crippen LogP contribution >= 0.6 is 0 Å². The van der Waals surface area contributed by atoms with E-state index in [0.29, 0.717) is 18.1 Å². The number of anilines is 1. The third-order valence-electron chi connectivity index (χ3n) is 6.71. The van der Waals surface area contributed by atoms with Gasteiger partial charge in [0.25, 0.3) is 5.91 Å². The average molecular weight is 520 g/mol. The van der Waals surface area contributed by atoms with E-state index in [-0.39, 0.29) is 17.1 Å². The summed E-state index contributed by atoms with van der Waals surface area (Å²) in [6.45, 7) is 3.91. The zero-order chi connectivity index (χ0) is 26.0. The van der Waals surface area contributed by atoms with Gasteiger partial charge in [-0.05, 0) is 43.7 Å². The Balaban J connectivity index is 1.45. The minimum atomic E-state index is -3.92. The van der Waals surface area contributed by atoms with Gasteiger partial charge in [-0.25, -0.2) is 8.42 Å². The number of aryl methyl sites for hydroxylation is 1. The Morgan fingerprint density at radius 2 is 1.57 bits per heavy atom. The maximum Gasteiger partial charge on any atom is 0.255 e. The van der Waals surface area contributed by atoms with Gasteiger partial charge in [0.15, 0.2) is 9.84 Å². The number of carbonyl (C=O) groups excluding carboxylic acids is 1. The number of carbonyl (C=O) groups is 1. The summed E-state index contributed by atoms with van der Waals surface area (Å²) in [5, 5.41) is 1.80. The fourth-order valence-electron chi connectivity index (χ4n) is 4.90. The molecule has 3 aromatic rings. The predicted octanol–water partition coefficient (Wildman–Crippen LogP) is 4.64. The molecule has 192 valence electrons. The third kappa shape index (κ3) is 5.18. The Labute approximate surface area is 217 Å². The van der Waals surface area contributed by atoms with Crippen LogP contribution in [0.25, 0.3) is 0 Å². The van der Waals surface area contributed by atoms with Crippen LogP contribution in [0.15, 0.2) is 101 Å². The van der Waals surface area contributed by atoms with Crippen molar-refractivity contribution in [1.29, 1.82) is 0 Å². The summed E-state index contributed by atoms with van der Waals surface area (Å²) in [7, 11) is -3.92. The minimum absolute atomic E-state index is 0.0354. The van der Waals surface area contributed by atoms with Gasteiger partial charge in [0.05, 0.1) is 29.6 Å². The number of sulfone groups is 1. The topological polar surface area (TPSA) is 90.9 Å². The summed E-state index contributed by atoms with van der Waals surface area (Å²) in [5.74, 6) is -0.855. The Bertz CT molecular complexity index is 1390. The number of rotatable bonds is 8. The van der Waals surface area contributed by atoms with Crippen molar-refractivity contribution in [2.24, 2.45) is 5.92 Å². The van der Waals surface area contributed by atoms with Crippen LogP contribution in [0.3, 0.4) is 0 Å². The van der Waals surface area contributed by atoms with E-state index in [2.05, 4.69) is 5.32 Å². The van der Waals surface area contributed by atoms with Gasteiger partial charge in [-0.15, -0.1) is 0 Å². The molecule has 1 N–H and O–H groups in total. The van der Waals surface area contributed by atoms with E-state index in [1.807, 2.05) is 55.5 Å². The molecule has 3 aromatic carbocycles. The molecule has 0 unspecified atom stereocenters. The molecule has 2 aliphatic rings. The van der Waals surface area contributed by atoms with E-state index in [0.717, 1.165) is 11.1 Å². The van der Waals surface area contributed by atoms with Crippen LogP contribution in [-0.4, -0.2) is 38.6 Å². The number of fused-ring (bicyclic) bond motifs is 1. The Kier molecular flexibility index (Phi) is 7.15. The highest BCUT2D eigenvalue weighted by Crippen LogP contribution is 2.46. The van der Waals surface area contributed by atoms with E-state index in [9.17, 15) is 13.2 Å². The molecular formula is C29H29NO6S. The van der Waals surface area contributed by atoms with Crippen molar-refractivity contribution in [3.05, 3.63) is 107 Å². The lowest BCUT2D eigenvalue weighted by Crippen LogP contribution is -2.40. The number of allylic oxidation sites excluding steroid dienone is 1. The van der Waals surface area contributed by atoms with Crippen molar-refractivity contribution in [3.8, 4) is 0 Å². The van der Waals surface area contributed by atoms with Gasteiger partial charge in [0, 0.05) is 5.69 Å². The van der Waals surface area contributed by atoms with E-state index in [1.54, 1.807) is 43.3 Å². The van der Waals surface area contributed by atoms with Crippen molar-refractivity contribution in [1.82, 2.24) is 0 Å². The second-order valence-electron chi connectivity index (χ2n) is 9.30. The van der Waals surface area contributed by atoms with Crippen LogP contribution in [0, 0.1) is 12.8 Å². The molecule has 37 heavy (non-hydrogen) atoms. The zero-order valence-electron chi connectivity index (χ0n) is 20.7. The zero-order valence-corrected chi connectivity index (χ0v) is 21.5. The van der Waals surface area contributed by atoms with Crippen LogP contribution in [0.5, 0.6) is 0 Å². The molecule has 0 aromatic heterocycles. The Morgan fingerprint density at radius 3 is 2.24 bits per heavy atom. The van der Waals surface area contributed by atoms with Gasteiger partial charge in [0.1, 0.15) is 17.1 Å². The molecule has 5 rings (SSSR count). The summed E-state index contributed by atoms with van der Waals surface area (Å²) < 4.78 is 46.0. The minimum Gasteiger partial charge on any atom is -0.468 e. The quantitative estimate of drug-likeness (QED) is 0.466. The summed E-state index contributed by atoms with van der Waals surface area (Å²) in [4.78, 5) is 13.6. The fourth-order valence-corrected chi connectivity index (χ4v) is 6.93. The fraction of sp³-hybridized carbons (Fsp3) is 0.276. The smallest absolute Gasteiger partial charge is 0.255 e. The second-order valence-corrected chi connectivity index (χ2v) is 11.4. The molecule has 1 fully saturated rings. The molecule has 0 saturated carbocycles. The number of para-hydroxylation sites is 1. The molecule has 8 heteroatoms. The number of amides is 1. The molecular weight excluding hydrogens is 490 g/mol. The maximum absolute atomic E-state index is 14.0. The highest BCUT2D eigenvalue weighted by Gasteiger charge is 2.58. The molecule has 0 spiro atoms. The van der Waals surface area contributed by atoms with Crippen LogP contribution in [0.2, 0.25) is 0 Å². The number of hydrogen-bond donors (Lipinski definition) is 1. The SMILES string of the molecule is CC1=C(C(=O)Nc2ccccc2)[C@H]2[C@@H](O1)O[C@H](COCc1ccccc1)[C@@H]2S(=O)(=O)c1ccc(C)cc1. The third-order valence-corrected chi connectivity index (χ3v) is 8.95. The monoisotopic (exact) mass is 519 g/mol. The molecule has 1 amide bonds. The Morgan fingerprint density at radius 1 is 0.919 bits per heavy atom. The van der Waals surface area contributed by atoms with Crippen LogP contribution in [-0.2, 0) is 35.4 Å². The van der Waals surface area contributed by atoms with Crippen molar-refractivity contribution >= 4 is 21.4 Å². The first kappa shape index (κ1) is 25.2. The van der Waals surface area contributed by atoms with E-state index in [4.69, 9.17) is 14.2 Å². The Hall–Kier alpha value is -3.46. The molecule has 0 aliphatic carbocycles. The van der Waals surface area contributed by atoms with Crippen molar-refractivity contribution in [3.63, 3.8) is 0 Å². The van der Waals surface area contributed by atoms with E-state index < -0.39 is 39.3 Å². The van der Waals surface area contributed by atoms with Gasteiger partial charge >= 0.3 is 0 Å². The van der Waals surface area contributed by atoms with Gasteiger partial charge in [-0.3, -0.25) is 4.79 Å². The largest absolute Gasteiger partial charge is 0.468 e. The van der Waals surface area contributed by atoms with Crippen molar-refractivity contribution in [2.75, 3.05) is 11.9 Å². The van der Waals surface area contributed by atoms with Crippen LogP contribution < -0.4 is 5.32 Å². The van der Waals surface area contributed by atoms with Crippen molar-refractivity contribution < 1.29 is 27.4 Å². The first-order valence-electron chi connectivity index (χ1n) is 12.2. The lowest BCUT2D eigenvalue weighted by atomic mass is 9.94. The molecule has 1 saturated heterocycles. The highest BCUT2D eigenvalue weighted by molar-refractivity contribution is 7.92. The normalized spacial score (nSPS) is 23.0. The summed E-state index contributed by atoms with van der Waals surface area (Å²) in [6, 6.07) is 25.4. The first-order valence-corrected chi connectivity index (χ1v) is 13.7. The van der Waals surface area contributed by atoms with Gasteiger partial charge in [-0.2, -0.15) is 0 Å². The number of ether oxygens (including phenoxy) is 3. The number of benzene rings is 3. The average Bonchev–Trinajstić information content (AvgIpc) is 3.39. The van der Waals surface area contributed by atoms with E-state index >= 15 is 0 Å². The van der Waals surface area contributed by atoms with Gasteiger partial charge < -0.3 is 19.5 Å². The standard InChI is InChI=1S/C29H29NO6S/c1-19-13-15-23(16-14-19)37(32,33)27-24(18-34-17-21-9-5-3-6-10-21)36-29-26(27)25(20(2)35-29)28(31)30-22-11-7-4-8-12-22/h3-16,24,26-27,29H,17-18H2,1-2H3,(H,30,31)/t24-,26-,27+,29+/m1/s1. The summed E-state index contributed by atoms with van der Waals surface area (Å²) in [5.41, 5.74) is 2.80. The summed E-state index contributed by atoms with van der Waals surface area (Å²) in [6.07, 6.45) is -1.72. The molecule has 2 heterocycles. The number of nitrogens with one attached hydrogen (secondary N) is 1. The molecule has 0 radical (unpaired) electrons. The lowest BCUT2D eigenvalue weighted by Gasteiger charge is -2.23. The second kappa shape index (κ2) is 10.5. The molecule has 7 nitrogen and oxygen atoms in total. The molecule has 4 atom stereocenters. The number of hydrogen-bond acceptors (Lipinski definition) is 6. The van der Waals surface area contributed by atoms with Crippen molar-refractivity contribution in [2.45, 2.75) is 43.0 Å². The lowest BCUT2D eigenvalue weighted by molar-refractivity contribution is -0.122. The first-order chi connectivity index (χ1) is 17.8. The van der Waals surface area contributed by atoms with Gasteiger partial charge in [0.2, 0.25) is 6.29 Å². The molecule has 0 bridgehead atoms. The van der Waals surface area contributed by atoms with E-state index in [1.165, 1.54) is 0 Å². The summed E-state index contributed by atoms with van der Waals surface area (Å²) >= 11 is 0.